The number of nitrogens with zero attached hydrogens (tertiary/aromatic N) is 1. The number of carbonyl (C=O) groups is 1. The Labute approximate surface area is 126 Å². The number of likely N-dealkylation sites (tertiary alicyclic amines) is 1. The molecule has 114 valence electrons. The Bertz CT molecular complexity index is 477. The van der Waals surface area contributed by atoms with Crippen LogP contribution in [0.15, 0.2) is 30.3 Å². The van der Waals surface area contributed by atoms with Gasteiger partial charge < -0.3 is 15.0 Å². The van der Waals surface area contributed by atoms with E-state index in [2.05, 4.69) is 17.3 Å². The average Bonchev–Trinajstić information content (AvgIpc) is 2.87. The van der Waals surface area contributed by atoms with Gasteiger partial charge in [0.2, 0.25) is 0 Å². The number of nitrogens with one attached hydrogen (secondary N) is 1. The van der Waals surface area contributed by atoms with Crippen molar-refractivity contribution in [1.82, 2.24) is 10.2 Å². The summed E-state index contributed by atoms with van der Waals surface area (Å²) < 4.78 is 5.30. The first-order valence-electron chi connectivity index (χ1n) is 7.86. The molecule has 3 unspecified atom stereocenters. The SMILES string of the molecule is CN1CCC2CC(NC(=O)OCc3ccccc3)CC2C1. The number of piperidine rings is 1. The number of hydrogen-bond donors (Lipinski definition) is 1. The van der Waals surface area contributed by atoms with Crippen LogP contribution in [0.5, 0.6) is 0 Å². The maximum Gasteiger partial charge on any atom is 0.407 e. The van der Waals surface area contributed by atoms with Crippen molar-refractivity contribution in [2.75, 3.05) is 20.1 Å². The number of carbonyl (C=O) groups excluding carboxylic acids is 1. The molecule has 2 aliphatic rings. The minimum Gasteiger partial charge on any atom is -0.445 e. The maximum atomic E-state index is 11.9. The lowest BCUT2D eigenvalue weighted by Crippen LogP contribution is -2.35. The second-order valence-corrected chi connectivity index (χ2v) is 6.45. The predicted octanol–water partition coefficient (Wildman–Crippen LogP) is 2.64. The van der Waals surface area contributed by atoms with E-state index in [-0.39, 0.29) is 12.1 Å². The lowest BCUT2D eigenvalue weighted by atomic mass is 9.89. The third-order valence-electron chi connectivity index (χ3n) is 4.80. The minimum atomic E-state index is -0.282. The van der Waals surface area contributed by atoms with Gasteiger partial charge in [0.25, 0.3) is 0 Å². The fourth-order valence-corrected chi connectivity index (χ4v) is 3.72. The van der Waals surface area contributed by atoms with Gasteiger partial charge in [0.1, 0.15) is 6.61 Å². The molecule has 1 aliphatic carbocycles. The Balaban J connectivity index is 1.43. The molecule has 1 saturated carbocycles. The third kappa shape index (κ3) is 3.76. The maximum absolute atomic E-state index is 11.9. The molecule has 1 aromatic rings. The van der Waals surface area contributed by atoms with Crippen molar-refractivity contribution in [3.05, 3.63) is 35.9 Å². The Morgan fingerprint density at radius 3 is 2.86 bits per heavy atom. The van der Waals surface area contributed by atoms with E-state index < -0.39 is 0 Å². The van der Waals surface area contributed by atoms with E-state index in [1.807, 2.05) is 30.3 Å². The molecule has 4 heteroatoms. The highest BCUT2D eigenvalue weighted by atomic mass is 16.5. The minimum absolute atomic E-state index is 0.282. The summed E-state index contributed by atoms with van der Waals surface area (Å²) in [6.45, 7) is 2.70. The number of benzene rings is 1. The van der Waals surface area contributed by atoms with E-state index in [9.17, 15) is 4.79 Å². The second-order valence-electron chi connectivity index (χ2n) is 6.45. The zero-order valence-corrected chi connectivity index (χ0v) is 12.6. The van der Waals surface area contributed by atoms with Crippen LogP contribution in [0.2, 0.25) is 0 Å². The summed E-state index contributed by atoms with van der Waals surface area (Å²) in [7, 11) is 2.19. The Morgan fingerprint density at radius 1 is 1.29 bits per heavy atom. The molecule has 1 aromatic carbocycles. The van der Waals surface area contributed by atoms with Crippen molar-refractivity contribution < 1.29 is 9.53 Å². The number of fused-ring (bicyclic) bond motifs is 1. The second kappa shape index (κ2) is 6.48. The van der Waals surface area contributed by atoms with Gasteiger partial charge in [-0.25, -0.2) is 4.79 Å². The molecule has 3 rings (SSSR count). The molecular weight excluding hydrogens is 264 g/mol. The van der Waals surface area contributed by atoms with Gasteiger partial charge in [0, 0.05) is 12.6 Å². The van der Waals surface area contributed by atoms with E-state index in [1.165, 1.54) is 19.5 Å². The molecule has 21 heavy (non-hydrogen) atoms. The quantitative estimate of drug-likeness (QED) is 0.929. The summed E-state index contributed by atoms with van der Waals surface area (Å²) in [4.78, 5) is 14.3. The van der Waals surface area contributed by atoms with Crippen LogP contribution >= 0.6 is 0 Å². The molecule has 1 amide bonds. The molecule has 1 heterocycles. The fourth-order valence-electron chi connectivity index (χ4n) is 3.72. The van der Waals surface area contributed by atoms with Gasteiger partial charge in [-0.2, -0.15) is 0 Å². The van der Waals surface area contributed by atoms with Gasteiger partial charge in [-0.3, -0.25) is 0 Å². The molecule has 2 fully saturated rings. The molecule has 0 bridgehead atoms. The Hall–Kier alpha value is -1.55. The summed E-state index contributed by atoms with van der Waals surface area (Å²) in [6, 6.07) is 10.1. The summed E-state index contributed by atoms with van der Waals surface area (Å²) in [5.41, 5.74) is 1.02. The first kappa shape index (κ1) is 14.4. The van der Waals surface area contributed by atoms with E-state index in [4.69, 9.17) is 4.74 Å². The van der Waals surface area contributed by atoms with Gasteiger partial charge in [-0.15, -0.1) is 0 Å². The van der Waals surface area contributed by atoms with Crippen LogP contribution in [0.3, 0.4) is 0 Å². The molecule has 1 saturated heterocycles. The number of rotatable bonds is 3. The molecule has 0 spiro atoms. The van der Waals surface area contributed by atoms with Gasteiger partial charge >= 0.3 is 6.09 Å². The number of ether oxygens (including phenoxy) is 1. The van der Waals surface area contributed by atoms with Crippen molar-refractivity contribution in [3.8, 4) is 0 Å². The molecule has 0 radical (unpaired) electrons. The zero-order chi connectivity index (χ0) is 14.7. The highest BCUT2D eigenvalue weighted by molar-refractivity contribution is 5.67. The first-order chi connectivity index (χ1) is 10.2. The van der Waals surface area contributed by atoms with Crippen LogP contribution in [0, 0.1) is 11.8 Å². The fraction of sp³-hybridized carbons (Fsp3) is 0.588. The third-order valence-corrected chi connectivity index (χ3v) is 4.80. The largest absolute Gasteiger partial charge is 0.445 e. The van der Waals surface area contributed by atoms with Gasteiger partial charge in [-0.05, 0) is 50.3 Å². The van der Waals surface area contributed by atoms with Crippen LogP contribution in [0.1, 0.15) is 24.8 Å². The molecule has 3 atom stereocenters. The normalized spacial score (nSPS) is 28.9. The monoisotopic (exact) mass is 288 g/mol. The van der Waals surface area contributed by atoms with Crippen molar-refractivity contribution in [1.29, 1.82) is 0 Å². The van der Waals surface area contributed by atoms with E-state index in [1.54, 1.807) is 0 Å². The molecule has 1 N–H and O–H groups in total. The smallest absolute Gasteiger partial charge is 0.407 e. The van der Waals surface area contributed by atoms with Crippen molar-refractivity contribution in [2.45, 2.75) is 31.9 Å². The summed E-state index contributed by atoms with van der Waals surface area (Å²) in [5.74, 6) is 1.52. The summed E-state index contributed by atoms with van der Waals surface area (Å²) >= 11 is 0. The standard InChI is InChI=1S/C17H24N2O2/c1-19-8-7-14-9-16(10-15(14)11-19)18-17(20)21-12-13-5-3-2-4-6-13/h2-6,14-16H,7-12H2,1H3,(H,18,20). The molecule has 0 aromatic heterocycles. The number of amides is 1. The topological polar surface area (TPSA) is 41.6 Å². The molecule has 4 nitrogen and oxygen atoms in total. The van der Waals surface area contributed by atoms with Crippen LogP contribution in [0.4, 0.5) is 4.79 Å². The Morgan fingerprint density at radius 2 is 2.05 bits per heavy atom. The van der Waals surface area contributed by atoms with Gasteiger partial charge in [-0.1, -0.05) is 30.3 Å². The lowest BCUT2D eigenvalue weighted by Gasteiger charge is -2.31. The van der Waals surface area contributed by atoms with Crippen LogP contribution in [0.25, 0.3) is 0 Å². The number of hydrogen-bond acceptors (Lipinski definition) is 3. The van der Waals surface area contributed by atoms with Crippen LogP contribution in [-0.4, -0.2) is 37.2 Å². The Kier molecular flexibility index (Phi) is 4.44. The molecule has 1 aliphatic heterocycles. The van der Waals surface area contributed by atoms with E-state index in [0.29, 0.717) is 6.61 Å². The van der Waals surface area contributed by atoms with E-state index in [0.717, 1.165) is 30.2 Å². The highest BCUT2D eigenvalue weighted by Gasteiger charge is 2.37. The van der Waals surface area contributed by atoms with Crippen molar-refractivity contribution >= 4 is 6.09 Å². The average molecular weight is 288 g/mol. The van der Waals surface area contributed by atoms with E-state index >= 15 is 0 Å². The first-order valence-corrected chi connectivity index (χ1v) is 7.86. The number of alkyl carbamates (subject to hydrolysis) is 1. The van der Waals surface area contributed by atoms with Crippen LogP contribution in [-0.2, 0) is 11.3 Å². The summed E-state index contributed by atoms with van der Waals surface area (Å²) in [5, 5.41) is 3.04. The van der Waals surface area contributed by atoms with Crippen molar-refractivity contribution in [2.24, 2.45) is 11.8 Å². The van der Waals surface area contributed by atoms with Gasteiger partial charge in [0.05, 0.1) is 0 Å². The van der Waals surface area contributed by atoms with Crippen LogP contribution < -0.4 is 5.32 Å². The highest BCUT2D eigenvalue weighted by Crippen LogP contribution is 2.37. The van der Waals surface area contributed by atoms with Gasteiger partial charge in [0.15, 0.2) is 0 Å². The predicted molar refractivity (Wildman–Crippen MR) is 81.9 cm³/mol. The van der Waals surface area contributed by atoms with Crippen molar-refractivity contribution in [3.63, 3.8) is 0 Å². The molecular formula is C17H24N2O2. The summed E-state index contributed by atoms with van der Waals surface area (Å²) in [6.07, 6.45) is 3.18. The lowest BCUT2D eigenvalue weighted by molar-refractivity contribution is 0.135. The zero-order valence-electron chi connectivity index (χ0n) is 12.6.